The van der Waals surface area contributed by atoms with Crippen LogP contribution >= 0.6 is 0 Å². The maximum atomic E-state index is 12.6. The van der Waals surface area contributed by atoms with Gasteiger partial charge in [0.05, 0.1) is 16.6 Å². The van der Waals surface area contributed by atoms with Crippen LogP contribution in [0.15, 0.2) is 72.9 Å². The number of Topliss-reactive ketones (excluding diaryl/α,β-unsaturated/α-hetero) is 1. The van der Waals surface area contributed by atoms with E-state index < -0.39 is 5.97 Å². The predicted molar refractivity (Wildman–Crippen MR) is 100 cm³/mol. The fourth-order valence-corrected chi connectivity index (χ4v) is 2.76. The molecule has 4 rings (SSSR count). The van der Waals surface area contributed by atoms with Gasteiger partial charge in [-0.05, 0) is 30.3 Å². The molecule has 2 aromatic heterocycles. The topological polar surface area (TPSA) is 84.9 Å². The van der Waals surface area contributed by atoms with Crippen molar-refractivity contribution in [3.05, 3.63) is 84.2 Å². The summed E-state index contributed by atoms with van der Waals surface area (Å²) in [5, 5.41) is 0. The number of H-pyrrole nitrogens is 1. The standard InChI is InChI=1S/C21H15N3O3/c25-19(18-11-5-6-12-22-18)13-27-21(26)15-8-2-1-7-14(15)20-23-16-9-3-4-10-17(16)24-20/h1-12H,13H2,(H,23,24). The highest BCUT2D eigenvalue weighted by Gasteiger charge is 2.18. The van der Waals surface area contributed by atoms with E-state index in [1.165, 1.54) is 6.20 Å². The molecule has 132 valence electrons. The highest BCUT2D eigenvalue weighted by molar-refractivity contribution is 6.00. The van der Waals surface area contributed by atoms with Crippen molar-refractivity contribution in [3.63, 3.8) is 0 Å². The number of carbonyl (C=O) groups is 2. The Balaban J connectivity index is 1.57. The van der Waals surface area contributed by atoms with Gasteiger partial charge in [-0.1, -0.05) is 36.4 Å². The lowest BCUT2D eigenvalue weighted by Gasteiger charge is -2.07. The van der Waals surface area contributed by atoms with E-state index in [2.05, 4.69) is 15.0 Å². The van der Waals surface area contributed by atoms with Gasteiger partial charge in [0.15, 0.2) is 6.61 Å². The molecule has 1 N–H and O–H groups in total. The second-order valence-electron chi connectivity index (χ2n) is 5.86. The van der Waals surface area contributed by atoms with Crippen LogP contribution in [0.3, 0.4) is 0 Å². The number of aromatic amines is 1. The Morgan fingerprint density at radius 1 is 0.926 bits per heavy atom. The van der Waals surface area contributed by atoms with Gasteiger partial charge in [0.25, 0.3) is 0 Å². The quantitative estimate of drug-likeness (QED) is 0.435. The number of fused-ring (bicyclic) bond motifs is 1. The van der Waals surface area contributed by atoms with Crippen molar-refractivity contribution >= 4 is 22.8 Å². The first-order valence-corrected chi connectivity index (χ1v) is 8.38. The van der Waals surface area contributed by atoms with Crippen LogP contribution in [-0.4, -0.2) is 33.3 Å². The summed E-state index contributed by atoms with van der Waals surface area (Å²) in [6.07, 6.45) is 1.52. The molecule has 2 aromatic carbocycles. The van der Waals surface area contributed by atoms with Gasteiger partial charge in [0.1, 0.15) is 11.5 Å². The van der Waals surface area contributed by atoms with Crippen LogP contribution in [0.25, 0.3) is 22.4 Å². The van der Waals surface area contributed by atoms with E-state index >= 15 is 0 Å². The van der Waals surface area contributed by atoms with E-state index in [0.29, 0.717) is 17.0 Å². The monoisotopic (exact) mass is 357 g/mol. The minimum atomic E-state index is -0.588. The van der Waals surface area contributed by atoms with Crippen LogP contribution in [0.5, 0.6) is 0 Å². The molecule has 0 aliphatic heterocycles. The van der Waals surface area contributed by atoms with Crippen molar-refractivity contribution in [2.24, 2.45) is 0 Å². The van der Waals surface area contributed by atoms with Gasteiger partial charge in [0, 0.05) is 11.8 Å². The van der Waals surface area contributed by atoms with Crippen molar-refractivity contribution in [1.29, 1.82) is 0 Å². The molecule has 0 amide bonds. The van der Waals surface area contributed by atoms with E-state index in [-0.39, 0.29) is 18.1 Å². The molecule has 0 aliphatic carbocycles. The fourth-order valence-electron chi connectivity index (χ4n) is 2.76. The van der Waals surface area contributed by atoms with Gasteiger partial charge in [-0.3, -0.25) is 9.78 Å². The van der Waals surface area contributed by atoms with Crippen LogP contribution in [-0.2, 0) is 4.74 Å². The van der Waals surface area contributed by atoms with E-state index in [1.807, 2.05) is 30.3 Å². The number of ether oxygens (including phenoxy) is 1. The molecule has 0 saturated carbocycles. The number of carbonyl (C=O) groups excluding carboxylic acids is 2. The number of aromatic nitrogens is 3. The first-order valence-electron chi connectivity index (χ1n) is 8.38. The number of esters is 1. The third-order valence-electron chi connectivity index (χ3n) is 4.08. The minimum Gasteiger partial charge on any atom is -0.454 e. The van der Waals surface area contributed by atoms with E-state index in [4.69, 9.17) is 4.74 Å². The third-order valence-corrected chi connectivity index (χ3v) is 4.08. The molecule has 0 bridgehead atoms. The lowest BCUT2D eigenvalue weighted by atomic mass is 10.1. The molecule has 4 aromatic rings. The maximum absolute atomic E-state index is 12.6. The molecule has 0 saturated heterocycles. The highest BCUT2D eigenvalue weighted by atomic mass is 16.5. The molecule has 0 aliphatic rings. The van der Waals surface area contributed by atoms with Crippen LogP contribution in [0.1, 0.15) is 20.8 Å². The Hall–Kier alpha value is -3.80. The zero-order valence-corrected chi connectivity index (χ0v) is 14.3. The SMILES string of the molecule is O=C(COC(=O)c1ccccc1-c1nc2ccccc2[nH]1)c1ccccn1. The average Bonchev–Trinajstić information content (AvgIpc) is 3.16. The molecule has 0 radical (unpaired) electrons. The fraction of sp³-hybridized carbons (Fsp3) is 0.0476. The smallest absolute Gasteiger partial charge is 0.339 e. The average molecular weight is 357 g/mol. The Kier molecular flexibility index (Phi) is 4.45. The first-order chi connectivity index (χ1) is 13.2. The van der Waals surface area contributed by atoms with Crippen LogP contribution in [0.4, 0.5) is 0 Å². The zero-order chi connectivity index (χ0) is 18.6. The van der Waals surface area contributed by atoms with Gasteiger partial charge in [-0.25, -0.2) is 9.78 Å². The second-order valence-corrected chi connectivity index (χ2v) is 5.86. The van der Waals surface area contributed by atoms with Gasteiger partial charge >= 0.3 is 5.97 Å². The molecule has 27 heavy (non-hydrogen) atoms. The molecular weight excluding hydrogens is 342 g/mol. The Morgan fingerprint density at radius 2 is 1.70 bits per heavy atom. The molecular formula is C21H15N3O3. The summed E-state index contributed by atoms with van der Waals surface area (Å²) >= 11 is 0. The number of hydrogen-bond donors (Lipinski definition) is 1. The summed E-state index contributed by atoms with van der Waals surface area (Å²) < 4.78 is 5.21. The van der Waals surface area contributed by atoms with Gasteiger partial charge in [-0.15, -0.1) is 0 Å². The highest BCUT2D eigenvalue weighted by Crippen LogP contribution is 2.24. The number of benzene rings is 2. The number of rotatable bonds is 5. The summed E-state index contributed by atoms with van der Waals surface area (Å²) in [5.41, 5.74) is 2.90. The number of imidazole rings is 1. The minimum absolute atomic E-state index is 0.260. The number of pyridine rings is 1. The van der Waals surface area contributed by atoms with Crippen molar-refractivity contribution in [1.82, 2.24) is 15.0 Å². The van der Waals surface area contributed by atoms with Crippen molar-refractivity contribution in [2.45, 2.75) is 0 Å². The second kappa shape index (κ2) is 7.21. The van der Waals surface area contributed by atoms with Crippen LogP contribution in [0, 0.1) is 0 Å². The Bertz CT molecular complexity index is 1090. The largest absolute Gasteiger partial charge is 0.454 e. The molecule has 6 heteroatoms. The van der Waals surface area contributed by atoms with Crippen molar-refractivity contribution in [2.75, 3.05) is 6.61 Å². The molecule has 6 nitrogen and oxygen atoms in total. The van der Waals surface area contributed by atoms with Crippen molar-refractivity contribution < 1.29 is 14.3 Å². The number of para-hydroxylation sites is 2. The van der Waals surface area contributed by atoms with Gasteiger partial charge < -0.3 is 9.72 Å². The Labute approximate surface area is 154 Å². The molecule has 0 atom stereocenters. The molecule has 0 unspecified atom stereocenters. The first kappa shape index (κ1) is 16.7. The van der Waals surface area contributed by atoms with Gasteiger partial charge in [-0.2, -0.15) is 0 Å². The number of hydrogen-bond acceptors (Lipinski definition) is 5. The number of nitrogens with one attached hydrogen (secondary N) is 1. The summed E-state index contributed by atoms with van der Waals surface area (Å²) in [5.74, 6) is -0.375. The normalized spacial score (nSPS) is 10.7. The lowest BCUT2D eigenvalue weighted by Crippen LogP contribution is -2.15. The molecule has 2 heterocycles. The lowest BCUT2D eigenvalue weighted by molar-refractivity contribution is 0.0474. The molecule has 0 fully saturated rings. The van der Waals surface area contributed by atoms with Crippen molar-refractivity contribution in [3.8, 4) is 11.4 Å². The van der Waals surface area contributed by atoms with Crippen LogP contribution in [0.2, 0.25) is 0 Å². The van der Waals surface area contributed by atoms with Crippen LogP contribution < -0.4 is 0 Å². The maximum Gasteiger partial charge on any atom is 0.339 e. The third kappa shape index (κ3) is 3.46. The van der Waals surface area contributed by atoms with E-state index in [1.54, 1.807) is 36.4 Å². The summed E-state index contributed by atoms with van der Waals surface area (Å²) in [6.45, 7) is -0.371. The summed E-state index contributed by atoms with van der Waals surface area (Å²) in [7, 11) is 0. The number of nitrogens with zero attached hydrogens (tertiary/aromatic N) is 2. The zero-order valence-electron chi connectivity index (χ0n) is 14.3. The summed E-state index contributed by atoms with van der Waals surface area (Å²) in [4.78, 5) is 36.3. The summed E-state index contributed by atoms with van der Waals surface area (Å²) in [6, 6.07) is 19.6. The van der Waals surface area contributed by atoms with Gasteiger partial charge in [0.2, 0.25) is 5.78 Å². The van der Waals surface area contributed by atoms with E-state index in [9.17, 15) is 9.59 Å². The Morgan fingerprint density at radius 3 is 2.52 bits per heavy atom. The van der Waals surface area contributed by atoms with E-state index in [0.717, 1.165) is 11.0 Å². The molecule has 0 spiro atoms. The predicted octanol–water partition coefficient (Wildman–Crippen LogP) is 3.66. The number of ketones is 1.